The fourth-order valence-corrected chi connectivity index (χ4v) is 7.26. The minimum atomic E-state index is -4.20. The third-order valence-electron chi connectivity index (χ3n) is 8.04. The van der Waals surface area contributed by atoms with E-state index in [1.165, 1.54) is 25.3 Å². The molecule has 0 radical (unpaired) electrons. The molecular weight excluding hydrogens is 978 g/mol. The van der Waals surface area contributed by atoms with Gasteiger partial charge in [-0.2, -0.15) is 0 Å². The summed E-state index contributed by atoms with van der Waals surface area (Å²) in [5, 5.41) is 6.29. The largest absolute Gasteiger partial charge is 0.510 e. The predicted molar refractivity (Wildman–Crippen MR) is 239 cm³/mol. The second-order valence-electron chi connectivity index (χ2n) is 15.3. The summed E-state index contributed by atoms with van der Waals surface area (Å²) in [5.74, 6) is 0.733. The highest BCUT2D eigenvalue weighted by molar-refractivity contribution is 7.53. The monoisotopic (exact) mass is 1040 g/mol. The van der Waals surface area contributed by atoms with Crippen molar-refractivity contribution in [2.45, 2.75) is 106 Å². The third-order valence-corrected chi connectivity index (χ3v) is 11.0. The van der Waals surface area contributed by atoms with Gasteiger partial charge in [0.25, 0.3) is 0 Å². The van der Waals surface area contributed by atoms with Gasteiger partial charge in [0.1, 0.15) is 36.4 Å². The lowest BCUT2D eigenvalue weighted by atomic mass is 10.4. The van der Waals surface area contributed by atoms with Crippen LogP contribution in [0, 0.1) is 0 Å². The maximum atomic E-state index is 13.5. The minimum Gasteiger partial charge on any atom is -0.432 e. The van der Waals surface area contributed by atoms with Gasteiger partial charge in [-0.15, -0.1) is 0 Å². The topological polar surface area (TPSA) is 343 Å². The fourth-order valence-electron chi connectivity index (χ4n) is 5.16. The summed E-state index contributed by atoms with van der Waals surface area (Å²) in [6.07, 6.45) is -2.40. The summed E-state index contributed by atoms with van der Waals surface area (Å²) < 4.78 is 101. The van der Waals surface area contributed by atoms with Crippen molar-refractivity contribution in [3.63, 3.8) is 0 Å². The molecule has 2 N–H and O–H groups in total. The van der Waals surface area contributed by atoms with E-state index in [9.17, 15) is 28.3 Å². The first kappa shape index (κ1) is 56.6. The molecule has 4 aromatic heterocycles. The van der Waals surface area contributed by atoms with E-state index in [4.69, 9.17) is 65.5 Å². The maximum Gasteiger partial charge on any atom is 0.510 e. The van der Waals surface area contributed by atoms with Crippen molar-refractivity contribution in [2.75, 3.05) is 63.8 Å². The molecule has 0 aliphatic rings. The highest BCUT2D eigenvalue weighted by atomic mass is 31.2. The van der Waals surface area contributed by atoms with Crippen molar-refractivity contribution < 1.29 is 93.8 Å². The molecule has 70 heavy (non-hydrogen) atoms. The van der Waals surface area contributed by atoms with E-state index >= 15 is 0 Å². The fraction of sp³-hybridized carbons (Fsp3) is 0.632. The van der Waals surface area contributed by atoms with Gasteiger partial charge in [-0.3, -0.25) is 27.2 Å². The lowest BCUT2D eigenvalue weighted by Crippen LogP contribution is -2.20. The van der Waals surface area contributed by atoms with Crippen LogP contribution in [-0.4, -0.2) is 147 Å². The first-order valence-electron chi connectivity index (χ1n) is 21.3. The van der Waals surface area contributed by atoms with Gasteiger partial charge in [-0.05, 0) is 62.3 Å². The molecule has 32 heteroatoms. The molecular formula is C38H58N10O20P2. The lowest BCUT2D eigenvalue weighted by Gasteiger charge is -2.21. The van der Waals surface area contributed by atoms with Crippen LogP contribution in [0.5, 0.6) is 0 Å². The van der Waals surface area contributed by atoms with Crippen molar-refractivity contribution in [1.29, 1.82) is 0 Å². The predicted octanol–water partition coefficient (Wildman–Crippen LogP) is 6.31. The van der Waals surface area contributed by atoms with Crippen LogP contribution in [0.3, 0.4) is 0 Å². The number of carbonyl (C=O) groups is 4. The standard InChI is InChI=1S/C38H58N10O20P2/c1-24(2)65-35(49)56-18-61-69(53,62-19-57-36(50)66-25(3)4)22-55-11-10-47-16-45-29-31(41-14-43-33(29)47)39-13-40-32-30-34(44-15-42-32)48(17-46-30)12-28(9)60-23-70(54,63-20-58-37(51)67-26(5)6)64-21-59-38(52)68-27(7)8/h14-17,24-28H,10-13,18-23H2,1-9H3,(H,39,41,43)(H,40,42,44)/t28-/m1/s1. The van der Waals surface area contributed by atoms with E-state index in [0.29, 0.717) is 34.0 Å². The summed E-state index contributed by atoms with van der Waals surface area (Å²) in [7, 11) is -8.37. The quantitative estimate of drug-likeness (QED) is 0.0190. The van der Waals surface area contributed by atoms with Crippen molar-refractivity contribution in [2.24, 2.45) is 0 Å². The first-order chi connectivity index (χ1) is 33.2. The second-order valence-corrected chi connectivity index (χ2v) is 19.2. The van der Waals surface area contributed by atoms with Crippen LogP contribution < -0.4 is 10.6 Å². The molecule has 0 fully saturated rings. The number of ether oxygens (including phenoxy) is 10. The number of nitrogens with zero attached hydrogens (tertiary/aromatic N) is 8. The minimum absolute atomic E-state index is 0.0468. The Bertz CT molecular complexity index is 2340. The Hall–Kier alpha value is -6.00. The average molecular weight is 1040 g/mol. The van der Waals surface area contributed by atoms with E-state index in [1.807, 2.05) is 0 Å². The Morgan fingerprint density at radius 2 is 0.929 bits per heavy atom. The zero-order chi connectivity index (χ0) is 51.3. The summed E-state index contributed by atoms with van der Waals surface area (Å²) in [4.78, 5) is 73.3. The number of hydrogen-bond acceptors (Lipinski definition) is 28. The van der Waals surface area contributed by atoms with Gasteiger partial charge in [0.15, 0.2) is 22.9 Å². The van der Waals surface area contributed by atoms with Crippen LogP contribution in [-0.2, 0) is 87.7 Å². The zero-order valence-electron chi connectivity index (χ0n) is 39.9. The van der Waals surface area contributed by atoms with Gasteiger partial charge >= 0.3 is 39.8 Å². The molecule has 1 atom stereocenters. The Morgan fingerprint density at radius 1 is 0.543 bits per heavy atom. The molecule has 0 bridgehead atoms. The van der Waals surface area contributed by atoms with Gasteiger partial charge < -0.3 is 67.1 Å². The number of anilines is 2. The lowest BCUT2D eigenvalue weighted by molar-refractivity contribution is -0.0382. The Labute approximate surface area is 400 Å². The third kappa shape index (κ3) is 19.8. The summed E-state index contributed by atoms with van der Waals surface area (Å²) >= 11 is 0. The second kappa shape index (κ2) is 28.0. The van der Waals surface area contributed by atoms with E-state index in [1.54, 1.807) is 71.4 Å². The van der Waals surface area contributed by atoms with Crippen molar-refractivity contribution in [1.82, 2.24) is 39.0 Å². The molecule has 0 aromatic carbocycles. The van der Waals surface area contributed by atoms with Gasteiger partial charge in [0.05, 0.1) is 63.0 Å². The smallest absolute Gasteiger partial charge is 0.432 e. The van der Waals surface area contributed by atoms with Crippen molar-refractivity contribution >= 4 is 73.8 Å². The van der Waals surface area contributed by atoms with E-state index in [-0.39, 0.29) is 26.4 Å². The summed E-state index contributed by atoms with van der Waals surface area (Å²) in [6, 6.07) is 0. The maximum absolute atomic E-state index is 13.5. The number of aromatic nitrogens is 8. The Balaban J connectivity index is 1.31. The molecule has 0 spiro atoms. The van der Waals surface area contributed by atoms with Crippen LogP contribution in [0.2, 0.25) is 0 Å². The molecule has 0 aliphatic heterocycles. The number of fused-ring (bicyclic) bond motifs is 2. The van der Waals surface area contributed by atoms with Crippen LogP contribution in [0.1, 0.15) is 62.3 Å². The SMILES string of the molecule is CC(C)OC(=O)OCOP(=O)(COCCn1cnc2c(NCNc3ncnc4c3ncn4C[C@@H](C)OCP(=O)(OCOC(=O)OC(C)C)OCOC(=O)OC(C)C)ncnc21)OCOC(=O)OC(C)C. The van der Waals surface area contributed by atoms with Crippen LogP contribution in [0.15, 0.2) is 25.3 Å². The van der Waals surface area contributed by atoms with E-state index in [2.05, 4.69) is 40.5 Å². The molecule has 0 saturated heterocycles. The summed E-state index contributed by atoms with van der Waals surface area (Å²) in [6.45, 7) is 11.7. The summed E-state index contributed by atoms with van der Waals surface area (Å²) in [5.41, 5.74) is 1.67. The number of rotatable bonds is 30. The normalized spacial score (nSPS) is 12.4. The van der Waals surface area contributed by atoms with Crippen molar-refractivity contribution in [3.05, 3.63) is 25.3 Å². The van der Waals surface area contributed by atoms with E-state index < -0.39 is 110 Å². The molecule has 4 aromatic rings. The molecule has 0 amide bonds. The molecule has 30 nitrogen and oxygen atoms in total. The molecule has 390 valence electrons. The van der Waals surface area contributed by atoms with Gasteiger partial charge in [-0.25, -0.2) is 49.1 Å². The Morgan fingerprint density at radius 3 is 1.34 bits per heavy atom. The van der Waals surface area contributed by atoms with Gasteiger partial charge in [-0.1, -0.05) is 0 Å². The molecule has 4 heterocycles. The van der Waals surface area contributed by atoms with E-state index in [0.717, 1.165) is 0 Å². The van der Waals surface area contributed by atoms with Crippen LogP contribution in [0.25, 0.3) is 22.3 Å². The molecule has 4 rings (SSSR count). The molecule has 0 aliphatic carbocycles. The van der Waals surface area contributed by atoms with Gasteiger partial charge in [0, 0.05) is 6.54 Å². The molecule has 0 unspecified atom stereocenters. The van der Waals surface area contributed by atoms with Crippen molar-refractivity contribution in [3.8, 4) is 0 Å². The van der Waals surface area contributed by atoms with Crippen LogP contribution >= 0.6 is 15.2 Å². The average Bonchev–Trinajstić information content (AvgIpc) is 3.88. The van der Waals surface area contributed by atoms with Crippen LogP contribution in [0.4, 0.5) is 30.8 Å². The Kier molecular flexibility index (Phi) is 22.6. The number of carbonyl (C=O) groups excluding carboxylic acids is 4. The van der Waals surface area contributed by atoms with Gasteiger partial charge in [0.2, 0.25) is 27.2 Å². The number of imidazole rings is 2. The number of nitrogens with one attached hydrogen (secondary N) is 2. The first-order valence-corrected chi connectivity index (χ1v) is 24.8. The highest BCUT2D eigenvalue weighted by Gasteiger charge is 2.30. The zero-order valence-corrected chi connectivity index (χ0v) is 41.7. The highest BCUT2D eigenvalue weighted by Crippen LogP contribution is 2.49. The number of hydrogen-bond donors (Lipinski definition) is 2. The molecule has 0 saturated carbocycles.